The Balaban J connectivity index is 1.95. The molecule has 3 heteroatoms. The maximum Gasteiger partial charge on any atom is 0.251 e. The minimum absolute atomic E-state index is 0.139. The lowest BCUT2D eigenvalue weighted by Gasteiger charge is -2.31. The van der Waals surface area contributed by atoms with Gasteiger partial charge in [0.15, 0.2) is 5.76 Å². The summed E-state index contributed by atoms with van der Waals surface area (Å²) >= 11 is 0. The van der Waals surface area contributed by atoms with Crippen LogP contribution in [0.5, 0.6) is 0 Å². The highest BCUT2D eigenvalue weighted by molar-refractivity contribution is 5.94. The summed E-state index contributed by atoms with van der Waals surface area (Å²) in [5.74, 6) is 0.647. The van der Waals surface area contributed by atoms with Crippen molar-refractivity contribution < 1.29 is 14.1 Å². The van der Waals surface area contributed by atoms with E-state index in [1.54, 1.807) is 18.4 Å². The maximum absolute atomic E-state index is 11.9. The molecule has 16 heavy (non-hydrogen) atoms. The van der Waals surface area contributed by atoms with Crippen molar-refractivity contribution in [3.63, 3.8) is 0 Å². The second-order valence-corrected chi connectivity index (χ2v) is 4.59. The summed E-state index contributed by atoms with van der Waals surface area (Å²) < 4.78 is 5.14. The van der Waals surface area contributed by atoms with Crippen LogP contribution in [-0.4, -0.2) is 24.9 Å². The van der Waals surface area contributed by atoms with Gasteiger partial charge < -0.3 is 9.32 Å². The summed E-state index contributed by atoms with van der Waals surface area (Å²) in [5, 5.41) is 0. The Kier molecular flexibility index (Phi) is 3.78. The molecule has 3 nitrogen and oxygen atoms in total. The van der Waals surface area contributed by atoms with Crippen molar-refractivity contribution in [2.45, 2.75) is 38.6 Å². The first kappa shape index (κ1) is 11.4. The smallest absolute Gasteiger partial charge is 0.251 e. The standard InChI is InChI=1S/C13H19NO2/c1-2-11-6-3-4-8-14(11)10-12(15)13-7-5-9-16-13/h5,7,9,11H,2-4,6,8,10H2,1H3/p+1/t11-/m1/s1. The van der Waals surface area contributed by atoms with Gasteiger partial charge in [-0.2, -0.15) is 0 Å². The summed E-state index contributed by atoms with van der Waals surface area (Å²) in [6, 6.07) is 4.19. The van der Waals surface area contributed by atoms with Gasteiger partial charge in [-0.05, 0) is 37.8 Å². The first-order chi connectivity index (χ1) is 7.81. The molecule has 1 unspecified atom stereocenters. The lowest BCUT2D eigenvalue weighted by Crippen LogP contribution is -3.17. The average Bonchev–Trinajstić information content (AvgIpc) is 2.83. The van der Waals surface area contributed by atoms with E-state index in [9.17, 15) is 4.79 Å². The molecule has 1 N–H and O–H groups in total. The third kappa shape index (κ3) is 2.53. The van der Waals surface area contributed by atoms with E-state index in [1.807, 2.05) is 0 Å². The Morgan fingerprint density at radius 3 is 3.12 bits per heavy atom. The number of quaternary nitrogens is 1. The fourth-order valence-corrected chi connectivity index (χ4v) is 2.61. The number of piperidine rings is 1. The Hall–Kier alpha value is -1.09. The van der Waals surface area contributed by atoms with Crippen molar-refractivity contribution in [3.05, 3.63) is 24.2 Å². The summed E-state index contributed by atoms with van der Waals surface area (Å²) in [6.07, 6.45) is 6.56. The number of nitrogens with one attached hydrogen (secondary N) is 1. The lowest BCUT2D eigenvalue weighted by atomic mass is 9.99. The molecule has 1 aliphatic heterocycles. The number of hydrogen-bond donors (Lipinski definition) is 1. The first-order valence-electron chi connectivity index (χ1n) is 6.22. The molecule has 0 spiro atoms. The highest BCUT2D eigenvalue weighted by Gasteiger charge is 2.27. The highest BCUT2D eigenvalue weighted by Crippen LogP contribution is 2.06. The van der Waals surface area contributed by atoms with Crippen LogP contribution < -0.4 is 4.90 Å². The summed E-state index contributed by atoms with van der Waals surface area (Å²) in [6.45, 7) is 3.93. The van der Waals surface area contributed by atoms with Crippen LogP contribution in [0.4, 0.5) is 0 Å². The second kappa shape index (κ2) is 5.30. The number of Topliss-reactive ketones (excluding diaryl/α,β-unsaturated/α-hetero) is 1. The molecular formula is C13H20NO2+. The third-order valence-electron chi connectivity index (χ3n) is 3.55. The van der Waals surface area contributed by atoms with Crippen molar-refractivity contribution in [2.75, 3.05) is 13.1 Å². The zero-order valence-electron chi connectivity index (χ0n) is 9.87. The van der Waals surface area contributed by atoms with E-state index in [4.69, 9.17) is 4.42 Å². The zero-order chi connectivity index (χ0) is 11.4. The number of furan rings is 1. The van der Waals surface area contributed by atoms with Gasteiger partial charge in [0, 0.05) is 0 Å². The van der Waals surface area contributed by atoms with Gasteiger partial charge in [-0.25, -0.2) is 0 Å². The normalized spacial score (nSPS) is 25.6. The summed E-state index contributed by atoms with van der Waals surface area (Å²) in [4.78, 5) is 13.4. The monoisotopic (exact) mass is 222 g/mol. The van der Waals surface area contributed by atoms with Crippen LogP contribution >= 0.6 is 0 Å². The van der Waals surface area contributed by atoms with Gasteiger partial charge in [-0.15, -0.1) is 0 Å². The minimum atomic E-state index is 0.139. The molecule has 1 aromatic rings. The first-order valence-corrected chi connectivity index (χ1v) is 6.22. The molecule has 1 fully saturated rings. The van der Waals surface area contributed by atoms with E-state index >= 15 is 0 Å². The minimum Gasteiger partial charge on any atom is -0.461 e. The topological polar surface area (TPSA) is 34.7 Å². The number of rotatable bonds is 4. The average molecular weight is 222 g/mol. The van der Waals surface area contributed by atoms with Crippen LogP contribution in [0, 0.1) is 0 Å². The molecule has 1 aliphatic rings. The van der Waals surface area contributed by atoms with Crippen molar-refractivity contribution in [1.82, 2.24) is 0 Å². The largest absolute Gasteiger partial charge is 0.461 e. The van der Waals surface area contributed by atoms with Crippen LogP contribution in [0.1, 0.15) is 43.2 Å². The Bertz CT molecular complexity index is 332. The third-order valence-corrected chi connectivity index (χ3v) is 3.55. The van der Waals surface area contributed by atoms with Gasteiger partial charge in [0.05, 0.1) is 18.8 Å². The van der Waals surface area contributed by atoms with E-state index in [0.29, 0.717) is 18.3 Å². The van der Waals surface area contributed by atoms with Crippen molar-refractivity contribution >= 4 is 5.78 Å². The molecule has 2 rings (SSSR count). The number of carbonyl (C=O) groups is 1. The molecule has 0 saturated carbocycles. The van der Waals surface area contributed by atoms with E-state index in [-0.39, 0.29) is 5.78 Å². The second-order valence-electron chi connectivity index (χ2n) is 4.59. The van der Waals surface area contributed by atoms with Crippen molar-refractivity contribution in [2.24, 2.45) is 0 Å². The Labute approximate surface area is 96.4 Å². The van der Waals surface area contributed by atoms with E-state index < -0.39 is 0 Å². The Morgan fingerprint density at radius 2 is 2.44 bits per heavy atom. The highest BCUT2D eigenvalue weighted by atomic mass is 16.3. The van der Waals surface area contributed by atoms with Crippen molar-refractivity contribution in [1.29, 1.82) is 0 Å². The van der Waals surface area contributed by atoms with E-state index in [2.05, 4.69) is 6.92 Å². The molecule has 0 aromatic carbocycles. The van der Waals surface area contributed by atoms with Crippen LogP contribution in [-0.2, 0) is 0 Å². The van der Waals surface area contributed by atoms with E-state index in [0.717, 1.165) is 6.54 Å². The number of hydrogen-bond acceptors (Lipinski definition) is 2. The van der Waals surface area contributed by atoms with Gasteiger partial charge in [-0.3, -0.25) is 4.79 Å². The predicted molar refractivity (Wildman–Crippen MR) is 61.7 cm³/mol. The van der Waals surface area contributed by atoms with Crippen LogP contribution in [0.3, 0.4) is 0 Å². The van der Waals surface area contributed by atoms with Crippen molar-refractivity contribution in [3.8, 4) is 0 Å². The quantitative estimate of drug-likeness (QED) is 0.779. The Morgan fingerprint density at radius 1 is 1.56 bits per heavy atom. The van der Waals surface area contributed by atoms with Gasteiger partial charge in [0.25, 0.3) is 5.78 Å². The summed E-state index contributed by atoms with van der Waals surface area (Å²) in [7, 11) is 0. The van der Waals surface area contributed by atoms with Gasteiger partial charge in [-0.1, -0.05) is 6.92 Å². The lowest BCUT2D eigenvalue weighted by molar-refractivity contribution is -0.922. The fourth-order valence-electron chi connectivity index (χ4n) is 2.61. The number of likely N-dealkylation sites (tertiary alicyclic amines) is 1. The molecule has 2 atom stereocenters. The molecule has 0 amide bonds. The molecule has 0 radical (unpaired) electrons. The van der Waals surface area contributed by atoms with Gasteiger partial charge in [0.2, 0.25) is 0 Å². The SMILES string of the molecule is CC[C@@H]1CCCC[NH+]1CC(=O)c1ccco1. The van der Waals surface area contributed by atoms with Gasteiger partial charge in [0.1, 0.15) is 6.54 Å². The molecule has 1 aromatic heterocycles. The molecule has 1 saturated heterocycles. The molecular weight excluding hydrogens is 202 g/mol. The van der Waals surface area contributed by atoms with Crippen LogP contribution in [0.2, 0.25) is 0 Å². The molecule has 88 valence electrons. The van der Waals surface area contributed by atoms with Crippen LogP contribution in [0.25, 0.3) is 0 Å². The number of ketones is 1. The summed E-state index contributed by atoms with van der Waals surface area (Å²) in [5.41, 5.74) is 0. The van der Waals surface area contributed by atoms with E-state index in [1.165, 1.54) is 30.6 Å². The maximum atomic E-state index is 11.9. The predicted octanol–water partition coefficient (Wildman–Crippen LogP) is 1.31. The molecule has 0 bridgehead atoms. The van der Waals surface area contributed by atoms with Gasteiger partial charge >= 0.3 is 0 Å². The molecule has 0 aliphatic carbocycles. The molecule has 2 heterocycles. The fraction of sp³-hybridized carbons (Fsp3) is 0.615. The van der Waals surface area contributed by atoms with Crippen LogP contribution in [0.15, 0.2) is 22.8 Å². The number of carbonyl (C=O) groups excluding carboxylic acids is 1. The zero-order valence-corrected chi connectivity index (χ0v) is 9.87.